The summed E-state index contributed by atoms with van der Waals surface area (Å²) in [5, 5.41) is 0. The fraction of sp³-hybridized carbons (Fsp3) is 0.615. The highest BCUT2D eigenvalue weighted by Crippen LogP contribution is 2.25. The lowest BCUT2D eigenvalue weighted by atomic mass is 9.89. The second-order valence-corrected chi connectivity index (χ2v) is 5.12. The van der Waals surface area contributed by atoms with Crippen LogP contribution in [0.3, 0.4) is 0 Å². The Hall–Kier alpha value is -1.54. The van der Waals surface area contributed by atoms with Gasteiger partial charge in [-0.05, 0) is 25.0 Å². The zero-order valence-electron chi connectivity index (χ0n) is 11.4. The van der Waals surface area contributed by atoms with Crippen LogP contribution in [-0.4, -0.2) is 42.3 Å². The molecule has 2 heterocycles. The van der Waals surface area contributed by atoms with Crippen LogP contribution in [0.15, 0.2) is 22.8 Å². The molecule has 1 aliphatic rings. The fourth-order valence-electron chi connectivity index (χ4n) is 2.27. The molecule has 0 unspecified atom stereocenters. The molecule has 8 heteroatoms. The minimum atomic E-state index is -4.50. The number of hydrogen-bond acceptors (Lipinski definition) is 4. The number of rotatable bonds is 4. The topological polar surface area (TPSA) is 68.7 Å². The number of halogens is 3. The third-order valence-corrected chi connectivity index (χ3v) is 3.40. The Morgan fingerprint density at radius 3 is 2.57 bits per heavy atom. The maximum absolute atomic E-state index is 12.7. The lowest BCUT2D eigenvalue weighted by Crippen LogP contribution is -2.59. The van der Waals surface area contributed by atoms with Crippen molar-refractivity contribution in [3.63, 3.8) is 0 Å². The Kier molecular flexibility index (Phi) is 4.58. The molecule has 5 nitrogen and oxygen atoms in total. The van der Waals surface area contributed by atoms with E-state index >= 15 is 0 Å². The molecule has 0 bridgehead atoms. The molecule has 1 aliphatic heterocycles. The predicted molar refractivity (Wildman–Crippen MR) is 67.2 cm³/mol. The van der Waals surface area contributed by atoms with Gasteiger partial charge in [0.05, 0.1) is 18.3 Å². The van der Waals surface area contributed by atoms with Crippen LogP contribution in [0.1, 0.15) is 18.6 Å². The minimum absolute atomic E-state index is 0.207. The standard InChI is InChI=1S/C13H17F3N2O3/c14-13(15,16)9-18(8-10-2-1-5-21-10)11(19)12(17)3-6-20-7-4-12/h1-2,5H,3-4,6-9,17H2. The lowest BCUT2D eigenvalue weighted by Gasteiger charge is -2.36. The van der Waals surface area contributed by atoms with Gasteiger partial charge in [0, 0.05) is 13.2 Å². The molecular formula is C13H17F3N2O3. The summed E-state index contributed by atoms with van der Waals surface area (Å²) in [6.07, 6.45) is -2.74. The first-order valence-electron chi connectivity index (χ1n) is 6.55. The van der Waals surface area contributed by atoms with Crippen molar-refractivity contribution in [1.82, 2.24) is 4.90 Å². The van der Waals surface area contributed by atoms with Gasteiger partial charge in [0.25, 0.3) is 0 Å². The van der Waals surface area contributed by atoms with Crippen LogP contribution >= 0.6 is 0 Å². The molecule has 0 saturated carbocycles. The molecule has 1 amide bonds. The van der Waals surface area contributed by atoms with Crippen LogP contribution < -0.4 is 5.73 Å². The van der Waals surface area contributed by atoms with Crippen molar-refractivity contribution in [1.29, 1.82) is 0 Å². The van der Waals surface area contributed by atoms with E-state index in [2.05, 4.69) is 0 Å². The highest BCUT2D eigenvalue weighted by Gasteiger charge is 2.42. The third kappa shape index (κ3) is 4.21. The maximum Gasteiger partial charge on any atom is 0.406 e. The smallest absolute Gasteiger partial charge is 0.406 e. The average Bonchev–Trinajstić information content (AvgIpc) is 2.89. The van der Waals surface area contributed by atoms with E-state index in [1.807, 2.05) is 0 Å². The normalized spacial score (nSPS) is 18.5. The Balaban J connectivity index is 2.15. The molecule has 2 rings (SSSR count). The van der Waals surface area contributed by atoms with E-state index in [9.17, 15) is 18.0 Å². The number of carbonyl (C=O) groups is 1. The van der Waals surface area contributed by atoms with E-state index in [4.69, 9.17) is 14.9 Å². The van der Waals surface area contributed by atoms with Gasteiger partial charge in [0.1, 0.15) is 12.3 Å². The first kappa shape index (κ1) is 15.8. The van der Waals surface area contributed by atoms with E-state index in [-0.39, 0.29) is 38.4 Å². The number of nitrogens with two attached hydrogens (primary N) is 1. The highest BCUT2D eigenvalue weighted by molar-refractivity contribution is 5.86. The summed E-state index contributed by atoms with van der Waals surface area (Å²) in [5.74, 6) is -0.442. The molecule has 1 fully saturated rings. The van der Waals surface area contributed by atoms with E-state index < -0.39 is 24.2 Å². The number of furan rings is 1. The fourth-order valence-corrected chi connectivity index (χ4v) is 2.27. The summed E-state index contributed by atoms with van der Waals surface area (Å²) >= 11 is 0. The van der Waals surface area contributed by atoms with Crippen molar-refractivity contribution < 1.29 is 27.1 Å². The summed E-state index contributed by atoms with van der Waals surface area (Å²) in [5.41, 5.74) is 4.67. The Morgan fingerprint density at radius 1 is 1.38 bits per heavy atom. The molecule has 0 radical (unpaired) electrons. The number of carbonyl (C=O) groups excluding carboxylic acids is 1. The summed E-state index contributed by atoms with van der Waals surface area (Å²) in [6, 6.07) is 3.07. The van der Waals surface area contributed by atoms with Crippen LogP contribution in [0, 0.1) is 0 Å². The SMILES string of the molecule is NC1(C(=O)N(Cc2ccco2)CC(F)(F)F)CCOCC1. The van der Waals surface area contributed by atoms with Crippen molar-refractivity contribution in [3.05, 3.63) is 24.2 Å². The number of hydrogen-bond donors (Lipinski definition) is 1. The van der Waals surface area contributed by atoms with Gasteiger partial charge < -0.3 is 19.8 Å². The van der Waals surface area contributed by atoms with Crippen LogP contribution in [0.25, 0.3) is 0 Å². The van der Waals surface area contributed by atoms with Crippen molar-refractivity contribution in [2.24, 2.45) is 5.73 Å². The molecule has 1 saturated heterocycles. The van der Waals surface area contributed by atoms with Gasteiger partial charge in [-0.3, -0.25) is 4.79 Å². The molecule has 1 aromatic rings. The van der Waals surface area contributed by atoms with Gasteiger partial charge in [0.2, 0.25) is 5.91 Å². The molecule has 0 aliphatic carbocycles. The molecule has 0 aromatic carbocycles. The zero-order chi connectivity index (χ0) is 15.5. The number of ether oxygens (including phenoxy) is 1. The van der Waals surface area contributed by atoms with E-state index in [0.717, 1.165) is 0 Å². The third-order valence-electron chi connectivity index (χ3n) is 3.40. The minimum Gasteiger partial charge on any atom is -0.467 e. The molecule has 1 aromatic heterocycles. The number of nitrogens with zero attached hydrogens (tertiary/aromatic N) is 1. The average molecular weight is 306 g/mol. The van der Waals surface area contributed by atoms with Crippen molar-refractivity contribution in [2.75, 3.05) is 19.8 Å². The van der Waals surface area contributed by atoms with Gasteiger partial charge in [-0.1, -0.05) is 0 Å². The molecule has 2 N–H and O–H groups in total. The molecule has 21 heavy (non-hydrogen) atoms. The van der Waals surface area contributed by atoms with Gasteiger partial charge >= 0.3 is 6.18 Å². The monoisotopic (exact) mass is 306 g/mol. The maximum atomic E-state index is 12.7. The van der Waals surface area contributed by atoms with Crippen LogP contribution in [0.4, 0.5) is 13.2 Å². The summed E-state index contributed by atoms with van der Waals surface area (Å²) in [6.45, 7) is -1.08. The van der Waals surface area contributed by atoms with E-state index in [1.165, 1.54) is 12.3 Å². The van der Waals surface area contributed by atoms with Gasteiger partial charge in [-0.15, -0.1) is 0 Å². The van der Waals surface area contributed by atoms with Crippen LogP contribution in [-0.2, 0) is 16.1 Å². The van der Waals surface area contributed by atoms with E-state index in [1.54, 1.807) is 6.07 Å². The summed E-state index contributed by atoms with van der Waals surface area (Å²) < 4.78 is 48.2. The summed E-state index contributed by atoms with van der Waals surface area (Å²) in [7, 11) is 0. The zero-order valence-corrected chi connectivity index (χ0v) is 11.4. The van der Waals surface area contributed by atoms with Crippen LogP contribution in [0.2, 0.25) is 0 Å². The quantitative estimate of drug-likeness (QED) is 0.919. The Morgan fingerprint density at radius 2 is 2.05 bits per heavy atom. The second-order valence-electron chi connectivity index (χ2n) is 5.12. The lowest BCUT2D eigenvalue weighted by molar-refractivity contribution is -0.168. The second kappa shape index (κ2) is 6.07. The number of amides is 1. The number of alkyl halides is 3. The highest BCUT2D eigenvalue weighted by atomic mass is 19.4. The van der Waals surface area contributed by atoms with Gasteiger partial charge in [-0.25, -0.2) is 0 Å². The van der Waals surface area contributed by atoms with Crippen LogP contribution in [0.5, 0.6) is 0 Å². The molecule has 118 valence electrons. The van der Waals surface area contributed by atoms with Crippen molar-refractivity contribution >= 4 is 5.91 Å². The molecular weight excluding hydrogens is 289 g/mol. The van der Waals surface area contributed by atoms with Gasteiger partial charge in [0.15, 0.2) is 0 Å². The Labute approximate surface area is 119 Å². The molecule has 0 atom stereocenters. The first-order valence-corrected chi connectivity index (χ1v) is 6.55. The summed E-state index contributed by atoms with van der Waals surface area (Å²) in [4.78, 5) is 13.1. The molecule has 0 spiro atoms. The van der Waals surface area contributed by atoms with E-state index in [0.29, 0.717) is 4.90 Å². The Bertz CT molecular complexity index is 468. The van der Waals surface area contributed by atoms with Crippen molar-refractivity contribution in [3.8, 4) is 0 Å². The predicted octanol–water partition coefficient (Wildman–Crippen LogP) is 1.68. The first-order chi connectivity index (χ1) is 9.80. The van der Waals surface area contributed by atoms with Crippen molar-refractivity contribution in [2.45, 2.75) is 31.1 Å². The largest absolute Gasteiger partial charge is 0.467 e. The van der Waals surface area contributed by atoms with Gasteiger partial charge in [-0.2, -0.15) is 13.2 Å².